The van der Waals surface area contributed by atoms with Crippen LogP contribution < -0.4 is 14.4 Å². The third-order valence-electron chi connectivity index (χ3n) is 3.80. The molecule has 2 rings (SSSR count). The Morgan fingerprint density at radius 1 is 0.929 bits per heavy atom. The van der Waals surface area contributed by atoms with Crippen LogP contribution in [0.1, 0.15) is 26.7 Å². The van der Waals surface area contributed by atoms with Gasteiger partial charge in [-0.05, 0) is 30.2 Å². The predicted octanol–water partition coefficient (Wildman–Crippen LogP) is 4.30. The molecule has 0 saturated heterocycles. The van der Waals surface area contributed by atoms with E-state index in [-0.39, 0.29) is 18.8 Å². The summed E-state index contributed by atoms with van der Waals surface area (Å²) in [5.74, 6) is -2.20. The average Bonchev–Trinajstić information content (AvgIpc) is 2.65. The highest BCUT2D eigenvalue weighted by molar-refractivity contribution is 7.55. The molecule has 0 aliphatic carbocycles. The van der Waals surface area contributed by atoms with E-state index < -0.39 is 25.3 Å². The lowest BCUT2D eigenvalue weighted by atomic mass is 10.2. The van der Waals surface area contributed by atoms with Crippen molar-refractivity contribution in [3.8, 4) is 11.5 Å². The molecule has 0 radical (unpaired) electrons. The smallest absolute Gasteiger partial charge is 0.453 e. The van der Waals surface area contributed by atoms with Crippen molar-refractivity contribution in [2.24, 2.45) is 5.92 Å². The second kappa shape index (κ2) is 9.95. The van der Waals surface area contributed by atoms with Gasteiger partial charge in [0.15, 0.2) is 5.78 Å². The number of benzene rings is 2. The molecule has 0 aromatic heterocycles. The van der Waals surface area contributed by atoms with Crippen molar-refractivity contribution in [3.63, 3.8) is 0 Å². The Morgan fingerprint density at radius 2 is 1.39 bits per heavy atom. The summed E-state index contributed by atoms with van der Waals surface area (Å²) in [5, 5.41) is 11.4. The SMILES string of the molecule is CC(C)C(NC(=O)CCC(=O)O)P(=O)(Oc1ccccc1)Oc1ccccc1. The predicted molar refractivity (Wildman–Crippen MR) is 105 cm³/mol. The van der Waals surface area contributed by atoms with Gasteiger partial charge in [-0.2, -0.15) is 0 Å². The van der Waals surface area contributed by atoms with Crippen LogP contribution in [0.2, 0.25) is 0 Å². The van der Waals surface area contributed by atoms with Crippen LogP contribution in [0, 0.1) is 5.92 Å². The summed E-state index contributed by atoms with van der Waals surface area (Å²) < 4.78 is 25.3. The lowest BCUT2D eigenvalue weighted by molar-refractivity contribution is -0.138. The van der Waals surface area contributed by atoms with Crippen LogP contribution in [0.25, 0.3) is 0 Å². The standard InChI is InChI=1S/C20H24NO6P/c1-15(2)20(21-18(22)13-14-19(23)24)28(25,26-16-9-5-3-6-10-16)27-17-11-7-4-8-12-17/h3-12,15,20H,13-14H2,1-2H3,(H,21,22)(H,23,24). The van der Waals surface area contributed by atoms with E-state index in [1.807, 2.05) is 0 Å². The van der Waals surface area contributed by atoms with Gasteiger partial charge in [-0.1, -0.05) is 50.2 Å². The third-order valence-corrected chi connectivity index (χ3v) is 6.14. The molecule has 1 atom stereocenters. The van der Waals surface area contributed by atoms with Gasteiger partial charge in [-0.3, -0.25) is 9.59 Å². The van der Waals surface area contributed by atoms with Crippen LogP contribution in [0.3, 0.4) is 0 Å². The first-order valence-electron chi connectivity index (χ1n) is 8.90. The molecular formula is C20H24NO6P. The summed E-state index contributed by atoms with van der Waals surface area (Å²) in [7, 11) is -3.91. The molecule has 7 nitrogen and oxygen atoms in total. The normalized spacial score (nSPS) is 12.2. The number of nitrogens with one attached hydrogen (secondary N) is 1. The van der Waals surface area contributed by atoms with E-state index in [2.05, 4.69) is 5.32 Å². The van der Waals surface area contributed by atoms with Crippen molar-refractivity contribution in [2.45, 2.75) is 32.5 Å². The van der Waals surface area contributed by atoms with Gasteiger partial charge in [0.05, 0.1) is 6.42 Å². The van der Waals surface area contributed by atoms with Gasteiger partial charge in [-0.15, -0.1) is 0 Å². The molecule has 150 valence electrons. The number of carbonyl (C=O) groups excluding carboxylic acids is 1. The average molecular weight is 405 g/mol. The van der Waals surface area contributed by atoms with Crippen molar-refractivity contribution < 1.29 is 28.3 Å². The summed E-state index contributed by atoms with van der Waals surface area (Å²) in [5.41, 5.74) is 0. The molecule has 0 bridgehead atoms. The molecule has 2 aromatic rings. The first-order chi connectivity index (χ1) is 13.3. The van der Waals surface area contributed by atoms with Crippen molar-refractivity contribution >= 4 is 19.5 Å². The Labute approximate surface area is 164 Å². The molecule has 2 aromatic carbocycles. The highest BCUT2D eigenvalue weighted by Crippen LogP contribution is 2.54. The first-order valence-corrected chi connectivity index (χ1v) is 10.5. The molecule has 0 heterocycles. The molecule has 0 spiro atoms. The van der Waals surface area contributed by atoms with E-state index in [0.717, 1.165) is 0 Å². The lowest BCUT2D eigenvalue weighted by Crippen LogP contribution is -2.40. The highest BCUT2D eigenvalue weighted by Gasteiger charge is 2.42. The van der Waals surface area contributed by atoms with E-state index in [1.165, 1.54) is 0 Å². The van der Waals surface area contributed by atoms with E-state index in [9.17, 15) is 14.2 Å². The van der Waals surface area contributed by atoms with Crippen LogP contribution in [-0.4, -0.2) is 22.8 Å². The zero-order chi connectivity index (χ0) is 20.6. The number of amides is 1. The number of rotatable bonds is 10. The van der Waals surface area contributed by atoms with Crippen molar-refractivity contribution in [1.82, 2.24) is 5.32 Å². The van der Waals surface area contributed by atoms with Crippen molar-refractivity contribution in [2.75, 3.05) is 0 Å². The Hall–Kier alpha value is -2.79. The third kappa shape index (κ3) is 6.43. The van der Waals surface area contributed by atoms with Gasteiger partial charge in [0.2, 0.25) is 5.91 Å². The quantitative estimate of drug-likeness (QED) is 0.572. The maximum Gasteiger partial charge on any atom is 0.453 e. The first kappa shape index (κ1) is 21.5. The maximum absolute atomic E-state index is 13.8. The number of carboxylic acid groups (broad SMARTS) is 1. The summed E-state index contributed by atoms with van der Waals surface area (Å²) in [6.45, 7) is 3.55. The lowest BCUT2D eigenvalue weighted by Gasteiger charge is -2.30. The number of carbonyl (C=O) groups is 2. The van der Waals surface area contributed by atoms with Gasteiger partial charge in [0, 0.05) is 6.42 Å². The van der Waals surface area contributed by atoms with Crippen LogP contribution in [0.4, 0.5) is 0 Å². The zero-order valence-electron chi connectivity index (χ0n) is 15.8. The molecule has 1 unspecified atom stereocenters. The van der Waals surface area contributed by atoms with E-state index in [4.69, 9.17) is 14.2 Å². The van der Waals surface area contributed by atoms with Crippen LogP contribution in [0.5, 0.6) is 11.5 Å². The topological polar surface area (TPSA) is 102 Å². The molecule has 0 fully saturated rings. The molecular weight excluding hydrogens is 381 g/mol. The van der Waals surface area contributed by atoms with Crippen molar-refractivity contribution in [3.05, 3.63) is 60.7 Å². The summed E-state index contributed by atoms with van der Waals surface area (Å²) in [4.78, 5) is 22.9. The number of hydrogen-bond donors (Lipinski definition) is 2. The second-order valence-electron chi connectivity index (χ2n) is 6.50. The molecule has 1 amide bonds. The van der Waals surface area contributed by atoms with Gasteiger partial charge >= 0.3 is 13.6 Å². The number of carboxylic acids is 1. The van der Waals surface area contributed by atoms with Crippen molar-refractivity contribution in [1.29, 1.82) is 0 Å². The minimum absolute atomic E-state index is 0.227. The van der Waals surface area contributed by atoms with E-state index in [0.29, 0.717) is 11.5 Å². The van der Waals surface area contributed by atoms with Crippen LogP contribution in [-0.2, 0) is 14.2 Å². The summed E-state index contributed by atoms with van der Waals surface area (Å²) in [6.07, 6.45) is -0.546. The second-order valence-corrected chi connectivity index (χ2v) is 8.50. The van der Waals surface area contributed by atoms with Gasteiger partial charge in [0.25, 0.3) is 0 Å². The minimum Gasteiger partial charge on any atom is -0.481 e. The van der Waals surface area contributed by atoms with E-state index in [1.54, 1.807) is 74.5 Å². The Bertz CT molecular complexity index is 780. The summed E-state index contributed by atoms with van der Waals surface area (Å²) in [6, 6.07) is 17.1. The van der Waals surface area contributed by atoms with Gasteiger partial charge < -0.3 is 19.5 Å². The molecule has 2 N–H and O–H groups in total. The number of para-hydroxylation sites is 2. The van der Waals surface area contributed by atoms with Crippen LogP contribution >= 0.6 is 7.60 Å². The number of aliphatic carboxylic acids is 1. The molecule has 0 saturated carbocycles. The van der Waals surface area contributed by atoms with E-state index >= 15 is 0 Å². The Morgan fingerprint density at radius 3 is 1.79 bits per heavy atom. The molecule has 0 aliphatic rings. The molecule has 8 heteroatoms. The fourth-order valence-electron chi connectivity index (χ4n) is 2.46. The Balaban J connectivity index is 2.31. The van der Waals surface area contributed by atoms with Gasteiger partial charge in [-0.25, -0.2) is 4.57 Å². The zero-order valence-corrected chi connectivity index (χ0v) is 16.7. The highest BCUT2D eigenvalue weighted by atomic mass is 31.2. The van der Waals surface area contributed by atoms with Gasteiger partial charge in [0.1, 0.15) is 11.5 Å². The summed E-state index contributed by atoms with van der Waals surface area (Å²) >= 11 is 0. The fourth-order valence-corrected chi connectivity index (χ4v) is 4.59. The fraction of sp³-hybridized carbons (Fsp3) is 0.300. The molecule has 0 aliphatic heterocycles. The Kier molecular flexibility index (Phi) is 7.64. The number of hydrogen-bond acceptors (Lipinski definition) is 5. The van der Waals surface area contributed by atoms with Crippen LogP contribution in [0.15, 0.2) is 60.7 Å². The largest absolute Gasteiger partial charge is 0.481 e. The maximum atomic E-state index is 13.8. The monoisotopic (exact) mass is 405 g/mol. The molecule has 28 heavy (non-hydrogen) atoms. The minimum atomic E-state index is -3.91.